The minimum atomic E-state index is -0.0511. The van der Waals surface area contributed by atoms with Crippen LogP contribution in [0.15, 0.2) is 0 Å². The zero-order chi connectivity index (χ0) is 11.3. The number of morpholine rings is 1. The Bertz CT molecular complexity index is 180. The Hall–Kier alpha value is -0.160. The summed E-state index contributed by atoms with van der Waals surface area (Å²) in [6.07, 6.45) is 0. The molecule has 15 heavy (non-hydrogen) atoms. The van der Waals surface area contributed by atoms with Crippen molar-refractivity contribution in [1.29, 1.82) is 0 Å². The van der Waals surface area contributed by atoms with E-state index in [4.69, 9.17) is 15.2 Å². The van der Waals surface area contributed by atoms with Gasteiger partial charge in [-0.1, -0.05) is 0 Å². The third-order valence-electron chi connectivity index (χ3n) is 2.54. The molecule has 0 saturated carbocycles. The normalized spacial score (nSPS) is 24.4. The molecule has 1 fully saturated rings. The van der Waals surface area contributed by atoms with Crippen LogP contribution in [0.1, 0.15) is 20.8 Å². The quantitative estimate of drug-likeness (QED) is 0.742. The molecular formula is C11H24N2O2. The van der Waals surface area contributed by atoms with Gasteiger partial charge in [-0.2, -0.15) is 0 Å². The summed E-state index contributed by atoms with van der Waals surface area (Å²) in [5.74, 6) is 0. The van der Waals surface area contributed by atoms with E-state index in [0.717, 1.165) is 32.9 Å². The van der Waals surface area contributed by atoms with E-state index in [2.05, 4.69) is 25.7 Å². The number of rotatable bonds is 4. The first kappa shape index (κ1) is 12.9. The van der Waals surface area contributed by atoms with Crippen LogP contribution in [0.4, 0.5) is 0 Å². The highest BCUT2D eigenvalue weighted by molar-refractivity contribution is 4.76. The predicted molar refractivity (Wildman–Crippen MR) is 60.9 cm³/mol. The van der Waals surface area contributed by atoms with Crippen molar-refractivity contribution in [2.75, 3.05) is 39.5 Å². The average Bonchev–Trinajstić information content (AvgIpc) is 2.16. The van der Waals surface area contributed by atoms with Gasteiger partial charge in [-0.3, -0.25) is 4.90 Å². The number of hydrogen-bond donors (Lipinski definition) is 1. The summed E-state index contributed by atoms with van der Waals surface area (Å²) in [5.41, 5.74) is 5.64. The Morgan fingerprint density at radius 3 is 2.80 bits per heavy atom. The van der Waals surface area contributed by atoms with E-state index in [1.54, 1.807) is 0 Å². The van der Waals surface area contributed by atoms with E-state index in [-0.39, 0.29) is 5.60 Å². The molecule has 1 atom stereocenters. The standard InChI is InChI=1S/C11H24N2O2/c1-11(2,3)15-7-5-13-4-6-14-9-10(13)8-12/h10H,4-9,12H2,1-3H3. The summed E-state index contributed by atoms with van der Waals surface area (Å²) in [6.45, 7) is 11.1. The van der Waals surface area contributed by atoms with Gasteiger partial charge in [-0.15, -0.1) is 0 Å². The van der Waals surface area contributed by atoms with Crippen LogP contribution < -0.4 is 5.73 Å². The summed E-state index contributed by atoms with van der Waals surface area (Å²) in [7, 11) is 0. The van der Waals surface area contributed by atoms with Gasteiger partial charge >= 0.3 is 0 Å². The van der Waals surface area contributed by atoms with Gasteiger partial charge in [0.1, 0.15) is 0 Å². The number of ether oxygens (including phenoxy) is 2. The molecule has 90 valence electrons. The second-order valence-corrected chi connectivity index (χ2v) is 4.96. The molecule has 4 heteroatoms. The van der Waals surface area contributed by atoms with Crippen LogP contribution in [0.25, 0.3) is 0 Å². The number of nitrogens with zero attached hydrogens (tertiary/aromatic N) is 1. The second-order valence-electron chi connectivity index (χ2n) is 4.96. The van der Waals surface area contributed by atoms with E-state index in [9.17, 15) is 0 Å². The number of hydrogen-bond acceptors (Lipinski definition) is 4. The maximum absolute atomic E-state index is 5.70. The van der Waals surface area contributed by atoms with Gasteiger partial charge in [0, 0.05) is 25.7 Å². The molecule has 0 radical (unpaired) electrons. The summed E-state index contributed by atoms with van der Waals surface area (Å²) in [5, 5.41) is 0. The highest BCUT2D eigenvalue weighted by Gasteiger charge is 2.21. The van der Waals surface area contributed by atoms with Crippen LogP contribution in [-0.2, 0) is 9.47 Å². The average molecular weight is 216 g/mol. The first-order valence-electron chi connectivity index (χ1n) is 5.69. The minimum absolute atomic E-state index is 0.0511. The Balaban J connectivity index is 2.23. The lowest BCUT2D eigenvalue weighted by molar-refractivity contribution is -0.0458. The molecule has 0 aromatic heterocycles. The molecule has 0 bridgehead atoms. The Morgan fingerprint density at radius 2 is 2.20 bits per heavy atom. The molecule has 1 unspecified atom stereocenters. The zero-order valence-electron chi connectivity index (χ0n) is 10.2. The van der Waals surface area contributed by atoms with Crippen LogP contribution >= 0.6 is 0 Å². The fourth-order valence-corrected chi connectivity index (χ4v) is 1.67. The highest BCUT2D eigenvalue weighted by atomic mass is 16.5. The van der Waals surface area contributed by atoms with Crippen LogP contribution in [0, 0.1) is 0 Å². The van der Waals surface area contributed by atoms with Crippen molar-refractivity contribution in [1.82, 2.24) is 4.90 Å². The van der Waals surface area contributed by atoms with E-state index >= 15 is 0 Å². The molecule has 1 rings (SSSR count). The lowest BCUT2D eigenvalue weighted by Crippen LogP contribution is -2.50. The molecule has 0 aromatic carbocycles. The first-order chi connectivity index (χ1) is 7.03. The van der Waals surface area contributed by atoms with Crippen molar-refractivity contribution in [3.8, 4) is 0 Å². The molecule has 0 amide bonds. The van der Waals surface area contributed by atoms with E-state index in [0.29, 0.717) is 12.6 Å². The molecule has 2 N–H and O–H groups in total. The Labute approximate surface area is 92.7 Å². The molecule has 1 aliphatic rings. The van der Waals surface area contributed by atoms with Gasteiger partial charge in [0.05, 0.1) is 25.4 Å². The fourth-order valence-electron chi connectivity index (χ4n) is 1.67. The van der Waals surface area contributed by atoms with Gasteiger partial charge in [-0.25, -0.2) is 0 Å². The predicted octanol–water partition coefficient (Wildman–Crippen LogP) is 0.461. The number of nitrogens with two attached hydrogens (primary N) is 1. The van der Waals surface area contributed by atoms with Crippen molar-refractivity contribution in [3.05, 3.63) is 0 Å². The van der Waals surface area contributed by atoms with E-state index < -0.39 is 0 Å². The third-order valence-corrected chi connectivity index (χ3v) is 2.54. The van der Waals surface area contributed by atoms with Gasteiger partial charge < -0.3 is 15.2 Å². The lowest BCUT2D eigenvalue weighted by atomic mass is 10.2. The summed E-state index contributed by atoms with van der Waals surface area (Å²) in [4.78, 5) is 2.36. The van der Waals surface area contributed by atoms with E-state index in [1.165, 1.54) is 0 Å². The van der Waals surface area contributed by atoms with Crippen molar-refractivity contribution >= 4 is 0 Å². The SMILES string of the molecule is CC(C)(C)OCCN1CCOCC1CN. The summed E-state index contributed by atoms with van der Waals surface area (Å²) < 4.78 is 11.1. The largest absolute Gasteiger partial charge is 0.378 e. The van der Waals surface area contributed by atoms with Gasteiger partial charge in [0.15, 0.2) is 0 Å². The zero-order valence-corrected chi connectivity index (χ0v) is 10.2. The van der Waals surface area contributed by atoms with Gasteiger partial charge in [0.2, 0.25) is 0 Å². The fraction of sp³-hybridized carbons (Fsp3) is 1.00. The summed E-state index contributed by atoms with van der Waals surface area (Å²) >= 11 is 0. The molecule has 0 aliphatic carbocycles. The van der Waals surface area contributed by atoms with Crippen molar-refractivity contribution in [2.24, 2.45) is 5.73 Å². The monoisotopic (exact) mass is 216 g/mol. The minimum Gasteiger partial charge on any atom is -0.378 e. The molecule has 1 aliphatic heterocycles. The van der Waals surface area contributed by atoms with E-state index in [1.807, 2.05) is 0 Å². The highest BCUT2D eigenvalue weighted by Crippen LogP contribution is 2.09. The first-order valence-corrected chi connectivity index (χ1v) is 5.69. The lowest BCUT2D eigenvalue weighted by Gasteiger charge is -2.35. The smallest absolute Gasteiger partial charge is 0.0634 e. The topological polar surface area (TPSA) is 47.7 Å². The Kier molecular flexibility index (Phi) is 4.99. The molecule has 1 heterocycles. The molecule has 0 aromatic rings. The van der Waals surface area contributed by atoms with Gasteiger partial charge in [-0.05, 0) is 20.8 Å². The van der Waals surface area contributed by atoms with Crippen molar-refractivity contribution in [3.63, 3.8) is 0 Å². The molecule has 4 nitrogen and oxygen atoms in total. The maximum atomic E-state index is 5.70. The third kappa shape index (κ3) is 4.93. The molecule has 1 saturated heterocycles. The maximum Gasteiger partial charge on any atom is 0.0634 e. The van der Waals surface area contributed by atoms with Crippen molar-refractivity contribution in [2.45, 2.75) is 32.4 Å². The van der Waals surface area contributed by atoms with Crippen LogP contribution in [0.5, 0.6) is 0 Å². The second kappa shape index (κ2) is 5.80. The van der Waals surface area contributed by atoms with Crippen LogP contribution in [0.3, 0.4) is 0 Å². The van der Waals surface area contributed by atoms with Crippen LogP contribution in [0.2, 0.25) is 0 Å². The summed E-state index contributed by atoms with van der Waals surface area (Å²) in [6, 6.07) is 0.363. The molecular weight excluding hydrogens is 192 g/mol. The van der Waals surface area contributed by atoms with Gasteiger partial charge in [0.25, 0.3) is 0 Å². The van der Waals surface area contributed by atoms with Crippen LogP contribution in [-0.4, -0.2) is 56.0 Å². The molecule has 0 spiro atoms. The Morgan fingerprint density at radius 1 is 1.47 bits per heavy atom. The van der Waals surface area contributed by atoms with Crippen molar-refractivity contribution < 1.29 is 9.47 Å².